The van der Waals surface area contributed by atoms with Gasteiger partial charge < -0.3 is 15.4 Å². The number of hydrogen-bond donors (Lipinski definition) is 2. The fraction of sp³-hybridized carbons (Fsp3) is 0.381. The Morgan fingerprint density at radius 2 is 1.78 bits per heavy atom. The molecule has 2 N–H and O–H groups in total. The number of ether oxygens (including phenoxy) is 1. The van der Waals surface area contributed by atoms with Gasteiger partial charge in [0.05, 0.1) is 0 Å². The van der Waals surface area contributed by atoms with E-state index in [1.54, 1.807) is 18.9 Å². The number of nitrogens with one attached hydrogen (secondary N) is 2. The van der Waals surface area contributed by atoms with E-state index in [4.69, 9.17) is 4.74 Å². The van der Waals surface area contributed by atoms with Crippen LogP contribution in [0.25, 0.3) is 0 Å². The van der Waals surface area contributed by atoms with Crippen molar-refractivity contribution >= 4 is 35.8 Å². The summed E-state index contributed by atoms with van der Waals surface area (Å²) in [6.07, 6.45) is 1.38. The number of benzene rings is 2. The van der Waals surface area contributed by atoms with Crippen molar-refractivity contribution in [1.29, 1.82) is 0 Å². The Morgan fingerprint density at radius 1 is 1.11 bits per heavy atom. The molecule has 4 nitrogen and oxygen atoms in total. The average molecular weight is 407 g/mol. The summed E-state index contributed by atoms with van der Waals surface area (Å²) in [6.45, 7) is 5.83. The summed E-state index contributed by atoms with van der Waals surface area (Å²) in [7, 11) is 1.62. The van der Waals surface area contributed by atoms with Crippen LogP contribution in [0.3, 0.4) is 0 Å². The molecule has 1 saturated heterocycles. The number of carbonyl (C=O) groups excluding carboxylic acids is 1. The molecule has 0 spiro atoms. The smallest absolute Gasteiger partial charge is 0.256 e. The van der Waals surface area contributed by atoms with Crippen molar-refractivity contribution in [1.82, 2.24) is 5.32 Å². The molecule has 0 aromatic heterocycles. The lowest BCUT2D eigenvalue weighted by molar-refractivity contribution is -0.140. The molecule has 1 heterocycles. The Hall–Kier alpha value is -1.53. The monoisotopic (exact) mass is 406 g/mol. The summed E-state index contributed by atoms with van der Waals surface area (Å²) in [5.74, 6) is -0.0589. The maximum atomic E-state index is 12.7. The second kappa shape index (κ2) is 9.60. The van der Waals surface area contributed by atoms with Crippen molar-refractivity contribution in [2.45, 2.75) is 42.1 Å². The molecule has 0 radical (unpaired) electrons. The lowest BCUT2D eigenvalue weighted by Gasteiger charge is -2.34. The Morgan fingerprint density at radius 3 is 2.41 bits per heavy atom. The SMILES string of the molecule is COC1(C(=O)Nc2ccc(Sc3cc(C)ccc3C)cc2)CCNCC1.Cl. The van der Waals surface area contributed by atoms with Crippen LogP contribution in [0.15, 0.2) is 52.3 Å². The second-order valence-corrected chi connectivity index (χ2v) is 7.91. The van der Waals surface area contributed by atoms with Gasteiger partial charge in [0.25, 0.3) is 5.91 Å². The first-order valence-electron chi connectivity index (χ1n) is 8.95. The highest BCUT2D eigenvalue weighted by molar-refractivity contribution is 7.99. The van der Waals surface area contributed by atoms with Crippen LogP contribution >= 0.6 is 24.2 Å². The van der Waals surface area contributed by atoms with Gasteiger partial charge >= 0.3 is 0 Å². The minimum Gasteiger partial charge on any atom is -0.368 e. The Kier molecular flexibility index (Phi) is 7.74. The normalized spacial score (nSPS) is 15.7. The van der Waals surface area contributed by atoms with Gasteiger partial charge in [-0.1, -0.05) is 23.9 Å². The highest BCUT2D eigenvalue weighted by atomic mass is 35.5. The Labute approximate surface area is 171 Å². The van der Waals surface area contributed by atoms with Crippen LogP contribution in [0.5, 0.6) is 0 Å². The molecule has 2 aromatic rings. The summed E-state index contributed by atoms with van der Waals surface area (Å²) in [6, 6.07) is 14.5. The van der Waals surface area contributed by atoms with Gasteiger partial charge in [-0.25, -0.2) is 0 Å². The third-order valence-electron chi connectivity index (χ3n) is 4.90. The average Bonchev–Trinajstić information content (AvgIpc) is 2.66. The van der Waals surface area contributed by atoms with Gasteiger partial charge in [-0.05, 0) is 81.2 Å². The third-order valence-corrected chi connectivity index (χ3v) is 6.07. The maximum Gasteiger partial charge on any atom is 0.256 e. The molecule has 146 valence electrons. The first-order chi connectivity index (χ1) is 12.5. The van der Waals surface area contributed by atoms with Gasteiger partial charge in [0, 0.05) is 22.6 Å². The van der Waals surface area contributed by atoms with E-state index in [1.165, 1.54) is 16.0 Å². The molecule has 1 fully saturated rings. The van der Waals surface area contributed by atoms with E-state index >= 15 is 0 Å². The molecule has 2 aromatic carbocycles. The van der Waals surface area contributed by atoms with E-state index in [0.717, 1.165) is 23.7 Å². The van der Waals surface area contributed by atoms with Gasteiger partial charge in [-0.2, -0.15) is 0 Å². The lowest BCUT2D eigenvalue weighted by Crippen LogP contribution is -2.51. The largest absolute Gasteiger partial charge is 0.368 e. The summed E-state index contributed by atoms with van der Waals surface area (Å²) < 4.78 is 5.58. The molecule has 0 atom stereocenters. The van der Waals surface area contributed by atoms with Gasteiger partial charge in [-0.3, -0.25) is 4.79 Å². The van der Waals surface area contributed by atoms with Crippen LogP contribution < -0.4 is 10.6 Å². The molecule has 0 aliphatic carbocycles. The molecule has 1 aliphatic heterocycles. The Balaban J connectivity index is 0.00000261. The van der Waals surface area contributed by atoms with Crippen LogP contribution in [0.4, 0.5) is 5.69 Å². The predicted molar refractivity (Wildman–Crippen MR) is 114 cm³/mol. The minimum atomic E-state index is -0.725. The molecule has 6 heteroatoms. The quantitative estimate of drug-likeness (QED) is 0.762. The first-order valence-corrected chi connectivity index (χ1v) is 9.76. The third kappa shape index (κ3) is 5.26. The van der Waals surface area contributed by atoms with Gasteiger partial charge in [0.1, 0.15) is 5.60 Å². The molecule has 0 saturated carbocycles. The summed E-state index contributed by atoms with van der Waals surface area (Å²) in [5, 5.41) is 6.28. The predicted octanol–water partition coefficient (Wildman–Crippen LogP) is 4.58. The number of amides is 1. The Bertz CT molecular complexity index is 774. The summed E-state index contributed by atoms with van der Waals surface area (Å²) in [5.41, 5.74) is 2.60. The zero-order valence-electron chi connectivity index (χ0n) is 16.0. The highest BCUT2D eigenvalue weighted by Crippen LogP contribution is 2.32. The van der Waals surface area contributed by atoms with Crippen LogP contribution in [0.2, 0.25) is 0 Å². The van der Waals surface area contributed by atoms with Crippen molar-refractivity contribution in [2.75, 3.05) is 25.5 Å². The summed E-state index contributed by atoms with van der Waals surface area (Å²) in [4.78, 5) is 15.1. The van der Waals surface area contributed by atoms with Crippen LogP contribution in [0, 0.1) is 13.8 Å². The molecular weight excluding hydrogens is 380 g/mol. The zero-order chi connectivity index (χ0) is 18.6. The number of piperidine rings is 1. The van der Waals surface area contributed by atoms with Crippen LogP contribution in [0.1, 0.15) is 24.0 Å². The highest BCUT2D eigenvalue weighted by Gasteiger charge is 2.39. The second-order valence-electron chi connectivity index (χ2n) is 6.80. The van der Waals surface area contributed by atoms with Crippen molar-refractivity contribution in [3.63, 3.8) is 0 Å². The molecule has 27 heavy (non-hydrogen) atoms. The van der Waals surface area contributed by atoms with E-state index < -0.39 is 5.60 Å². The fourth-order valence-electron chi connectivity index (χ4n) is 3.15. The number of aryl methyl sites for hydroxylation is 2. The van der Waals surface area contributed by atoms with Gasteiger partial charge in [0.15, 0.2) is 0 Å². The van der Waals surface area contributed by atoms with Crippen molar-refractivity contribution in [2.24, 2.45) is 0 Å². The summed E-state index contributed by atoms with van der Waals surface area (Å²) >= 11 is 1.74. The van der Waals surface area contributed by atoms with Gasteiger partial charge in [0.2, 0.25) is 0 Å². The van der Waals surface area contributed by atoms with E-state index in [1.807, 2.05) is 24.3 Å². The van der Waals surface area contributed by atoms with E-state index in [0.29, 0.717) is 12.8 Å². The minimum absolute atomic E-state index is 0. The van der Waals surface area contributed by atoms with E-state index in [-0.39, 0.29) is 18.3 Å². The molecule has 1 aliphatic rings. The number of methoxy groups -OCH3 is 1. The molecule has 1 amide bonds. The molecule has 0 unspecified atom stereocenters. The zero-order valence-corrected chi connectivity index (χ0v) is 17.6. The van der Waals surface area contributed by atoms with Crippen molar-refractivity contribution < 1.29 is 9.53 Å². The topological polar surface area (TPSA) is 50.4 Å². The number of hydrogen-bond acceptors (Lipinski definition) is 4. The number of rotatable bonds is 5. The fourth-order valence-corrected chi connectivity index (χ4v) is 4.15. The van der Waals surface area contributed by atoms with Crippen LogP contribution in [-0.2, 0) is 9.53 Å². The van der Waals surface area contributed by atoms with Crippen molar-refractivity contribution in [3.05, 3.63) is 53.6 Å². The number of anilines is 1. The lowest BCUT2D eigenvalue weighted by atomic mass is 9.91. The van der Waals surface area contributed by atoms with Crippen molar-refractivity contribution in [3.8, 4) is 0 Å². The molecule has 3 rings (SSSR count). The standard InChI is InChI=1S/C21H26N2O2S.ClH/c1-15-4-5-16(2)19(14-15)26-18-8-6-17(7-9-18)23-20(24)21(25-3)10-12-22-13-11-21;/h4-9,14,22H,10-13H2,1-3H3,(H,23,24);1H. The molecular formula is C21H27ClN2O2S. The van der Waals surface area contributed by atoms with Crippen LogP contribution in [-0.4, -0.2) is 31.7 Å². The molecule has 0 bridgehead atoms. The maximum absolute atomic E-state index is 12.7. The van der Waals surface area contributed by atoms with E-state index in [2.05, 4.69) is 42.7 Å². The number of carbonyl (C=O) groups is 1. The number of halogens is 1. The first kappa shape index (κ1) is 21.8. The van der Waals surface area contributed by atoms with E-state index in [9.17, 15) is 4.79 Å². The van der Waals surface area contributed by atoms with Gasteiger partial charge in [-0.15, -0.1) is 12.4 Å².